The normalized spacial score (nSPS) is 23.3. The second kappa shape index (κ2) is 5.91. The Labute approximate surface area is 114 Å². The van der Waals surface area contributed by atoms with Crippen LogP contribution < -0.4 is 4.74 Å². The van der Waals surface area contributed by atoms with E-state index in [1.165, 1.54) is 5.57 Å². The van der Waals surface area contributed by atoms with Gasteiger partial charge >= 0.3 is 0 Å². The van der Waals surface area contributed by atoms with Crippen molar-refractivity contribution in [2.75, 3.05) is 13.7 Å². The number of ether oxygens (including phenoxy) is 1. The van der Waals surface area contributed by atoms with Crippen molar-refractivity contribution in [3.63, 3.8) is 0 Å². The third-order valence-corrected chi connectivity index (χ3v) is 4.10. The Morgan fingerprint density at radius 3 is 2.89 bits per heavy atom. The van der Waals surface area contributed by atoms with Gasteiger partial charge in [-0.1, -0.05) is 37.3 Å². The third-order valence-electron chi connectivity index (χ3n) is 4.10. The number of likely N-dealkylation sites (tertiary alicyclic amines) is 1. The highest BCUT2D eigenvalue weighted by atomic mass is 16.5. The van der Waals surface area contributed by atoms with Crippen LogP contribution in [0, 0.1) is 5.92 Å². The number of benzene rings is 1. The zero-order valence-electron chi connectivity index (χ0n) is 11.6. The number of rotatable bonds is 4. The minimum atomic E-state index is 0.176. The van der Waals surface area contributed by atoms with E-state index in [1.807, 2.05) is 23.1 Å². The number of hydrogen-bond acceptors (Lipinski definition) is 2. The molecule has 0 N–H and O–H groups in total. The van der Waals surface area contributed by atoms with Gasteiger partial charge in [-0.2, -0.15) is 0 Å². The van der Waals surface area contributed by atoms with E-state index in [1.54, 1.807) is 7.11 Å². The van der Waals surface area contributed by atoms with Gasteiger partial charge in [0, 0.05) is 12.6 Å². The van der Waals surface area contributed by atoms with Crippen LogP contribution in [0.5, 0.6) is 5.75 Å². The van der Waals surface area contributed by atoms with Gasteiger partial charge in [0.25, 0.3) is 0 Å². The molecule has 1 aliphatic heterocycles. The highest BCUT2D eigenvalue weighted by Crippen LogP contribution is 2.30. The first-order valence-corrected chi connectivity index (χ1v) is 6.68. The van der Waals surface area contributed by atoms with E-state index >= 15 is 0 Å². The van der Waals surface area contributed by atoms with Crippen LogP contribution in [0.4, 0.5) is 0 Å². The maximum Gasteiger partial charge on any atom is 0.209 e. The number of hydrogen-bond donors (Lipinski definition) is 0. The lowest BCUT2D eigenvalue weighted by Gasteiger charge is -2.39. The minimum Gasteiger partial charge on any atom is -0.496 e. The number of methoxy groups -OCH3 is 1. The fourth-order valence-electron chi connectivity index (χ4n) is 2.75. The van der Waals surface area contributed by atoms with E-state index in [9.17, 15) is 4.79 Å². The van der Waals surface area contributed by atoms with Crippen molar-refractivity contribution in [1.29, 1.82) is 0 Å². The molecule has 2 rings (SSSR count). The highest BCUT2D eigenvalue weighted by molar-refractivity contribution is 5.49. The SMILES string of the molecule is C=C1CCN(C=O)[C@H](Cc2ccccc2OC)[C@H]1C. The molecule has 0 saturated carbocycles. The van der Waals surface area contributed by atoms with Crippen molar-refractivity contribution in [3.05, 3.63) is 42.0 Å². The Bertz CT molecular complexity index is 468. The van der Waals surface area contributed by atoms with Crippen LogP contribution in [0.1, 0.15) is 18.9 Å². The molecule has 0 radical (unpaired) electrons. The molecule has 102 valence electrons. The van der Waals surface area contributed by atoms with Gasteiger partial charge in [-0.05, 0) is 30.4 Å². The van der Waals surface area contributed by atoms with Crippen LogP contribution >= 0.6 is 0 Å². The van der Waals surface area contributed by atoms with Crippen molar-refractivity contribution in [3.8, 4) is 5.75 Å². The van der Waals surface area contributed by atoms with Crippen LogP contribution in [0.3, 0.4) is 0 Å². The molecule has 1 saturated heterocycles. The molecule has 3 heteroatoms. The number of nitrogens with zero attached hydrogens (tertiary/aromatic N) is 1. The van der Waals surface area contributed by atoms with Crippen molar-refractivity contribution in [2.24, 2.45) is 5.92 Å². The fraction of sp³-hybridized carbons (Fsp3) is 0.438. The first-order chi connectivity index (χ1) is 9.17. The molecule has 2 atom stereocenters. The molecule has 1 aliphatic rings. The van der Waals surface area contributed by atoms with Gasteiger partial charge in [0.15, 0.2) is 0 Å². The molecule has 0 bridgehead atoms. The molecule has 1 aromatic rings. The molecular formula is C16H21NO2. The predicted molar refractivity (Wildman–Crippen MR) is 76.2 cm³/mol. The lowest BCUT2D eigenvalue weighted by molar-refractivity contribution is -0.121. The zero-order valence-corrected chi connectivity index (χ0v) is 11.6. The number of carbonyl (C=O) groups excluding carboxylic acids is 1. The number of carbonyl (C=O) groups is 1. The molecule has 1 aromatic carbocycles. The molecule has 1 heterocycles. The Morgan fingerprint density at radius 1 is 1.47 bits per heavy atom. The van der Waals surface area contributed by atoms with Gasteiger partial charge in [-0.3, -0.25) is 4.79 Å². The average Bonchev–Trinajstić information content (AvgIpc) is 2.44. The number of piperidine rings is 1. The second-order valence-electron chi connectivity index (χ2n) is 5.12. The summed E-state index contributed by atoms with van der Waals surface area (Å²) in [6, 6.07) is 8.17. The summed E-state index contributed by atoms with van der Waals surface area (Å²) in [7, 11) is 1.68. The first-order valence-electron chi connectivity index (χ1n) is 6.68. The molecule has 3 nitrogen and oxygen atoms in total. The standard InChI is InChI=1S/C16H21NO2/c1-12-8-9-17(11-18)15(13(12)2)10-14-6-4-5-7-16(14)19-3/h4-7,11,13,15H,1,8-10H2,2-3H3/t13-,15+/m0/s1. The third kappa shape index (κ3) is 2.80. The number of amides is 1. The summed E-state index contributed by atoms with van der Waals surface area (Å²) in [6.45, 7) is 7.05. The Hall–Kier alpha value is -1.77. The van der Waals surface area contributed by atoms with Gasteiger partial charge in [0.1, 0.15) is 5.75 Å². The summed E-state index contributed by atoms with van der Waals surface area (Å²) in [5.41, 5.74) is 2.38. The molecule has 19 heavy (non-hydrogen) atoms. The van der Waals surface area contributed by atoms with Gasteiger partial charge < -0.3 is 9.64 Å². The minimum absolute atomic E-state index is 0.176. The summed E-state index contributed by atoms with van der Waals surface area (Å²) in [5.74, 6) is 1.21. The predicted octanol–water partition coefficient (Wildman–Crippen LogP) is 2.66. The second-order valence-corrected chi connectivity index (χ2v) is 5.12. The van der Waals surface area contributed by atoms with Crippen LogP contribution in [0.2, 0.25) is 0 Å². The smallest absolute Gasteiger partial charge is 0.209 e. The van der Waals surface area contributed by atoms with Gasteiger partial charge in [-0.25, -0.2) is 0 Å². The Kier molecular flexibility index (Phi) is 4.25. The van der Waals surface area contributed by atoms with Crippen molar-refractivity contribution in [1.82, 2.24) is 4.90 Å². The van der Waals surface area contributed by atoms with E-state index < -0.39 is 0 Å². The van der Waals surface area contributed by atoms with Gasteiger partial charge in [0.05, 0.1) is 7.11 Å². The van der Waals surface area contributed by atoms with E-state index in [0.29, 0.717) is 5.92 Å². The Balaban J connectivity index is 2.23. The van der Waals surface area contributed by atoms with E-state index in [-0.39, 0.29) is 6.04 Å². The maximum absolute atomic E-state index is 11.2. The Morgan fingerprint density at radius 2 is 2.21 bits per heavy atom. The van der Waals surface area contributed by atoms with E-state index in [4.69, 9.17) is 4.74 Å². The fourth-order valence-corrected chi connectivity index (χ4v) is 2.75. The van der Waals surface area contributed by atoms with E-state index in [0.717, 1.165) is 37.1 Å². The average molecular weight is 259 g/mol. The molecule has 0 spiro atoms. The molecular weight excluding hydrogens is 238 g/mol. The summed E-state index contributed by atoms with van der Waals surface area (Å²) in [5, 5.41) is 0. The van der Waals surface area contributed by atoms with Crippen molar-refractivity contribution >= 4 is 6.41 Å². The van der Waals surface area contributed by atoms with Crippen molar-refractivity contribution < 1.29 is 9.53 Å². The molecule has 0 unspecified atom stereocenters. The zero-order chi connectivity index (χ0) is 13.8. The van der Waals surface area contributed by atoms with Crippen LogP contribution in [0.15, 0.2) is 36.4 Å². The van der Waals surface area contributed by atoms with Gasteiger partial charge in [0.2, 0.25) is 6.41 Å². The van der Waals surface area contributed by atoms with E-state index in [2.05, 4.69) is 19.6 Å². The van der Waals surface area contributed by atoms with Crippen LogP contribution in [-0.2, 0) is 11.2 Å². The number of para-hydroxylation sites is 1. The monoisotopic (exact) mass is 259 g/mol. The summed E-state index contributed by atoms with van der Waals surface area (Å²) < 4.78 is 5.39. The topological polar surface area (TPSA) is 29.5 Å². The lowest BCUT2D eigenvalue weighted by Crippen LogP contribution is -2.45. The largest absolute Gasteiger partial charge is 0.496 e. The molecule has 1 amide bonds. The van der Waals surface area contributed by atoms with Gasteiger partial charge in [-0.15, -0.1) is 0 Å². The first kappa shape index (κ1) is 13.7. The summed E-state index contributed by atoms with van der Waals surface area (Å²) in [4.78, 5) is 13.1. The summed E-state index contributed by atoms with van der Waals surface area (Å²) >= 11 is 0. The molecule has 0 aliphatic carbocycles. The highest BCUT2D eigenvalue weighted by Gasteiger charge is 2.30. The summed E-state index contributed by atoms with van der Waals surface area (Å²) in [6.07, 6.45) is 2.67. The maximum atomic E-state index is 11.2. The van der Waals surface area contributed by atoms with Crippen LogP contribution in [-0.4, -0.2) is 31.0 Å². The lowest BCUT2D eigenvalue weighted by atomic mass is 9.83. The molecule has 1 fully saturated rings. The van der Waals surface area contributed by atoms with Crippen LogP contribution in [0.25, 0.3) is 0 Å². The van der Waals surface area contributed by atoms with Crippen molar-refractivity contribution in [2.45, 2.75) is 25.8 Å². The quantitative estimate of drug-likeness (QED) is 0.614. The molecule has 0 aromatic heterocycles.